The largest absolute Gasteiger partial charge is 0.421 e. The number of benzene rings is 3. The molecule has 0 fully saturated rings. The molecule has 0 bridgehead atoms. The van der Waals surface area contributed by atoms with Gasteiger partial charge in [-0.15, -0.1) is 0 Å². The number of rotatable bonds is 5. The molecule has 1 heterocycles. The van der Waals surface area contributed by atoms with E-state index in [0.29, 0.717) is 18.0 Å². The normalized spacial score (nSPS) is 10.3. The van der Waals surface area contributed by atoms with E-state index >= 15 is 0 Å². The molecule has 4 rings (SSSR count). The SMILES string of the molecule is [C-]#[N+]c1ccc(Oc2c[nH]c[n+]2Cc2ccc(-c3ccccc3)cc2)cc1. The number of aromatic amines is 1. The molecule has 130 valence electrons. The van der Waals surface area contributed by atoms with E-state index in [2.05, 4.69) is 46.2 Å². The molecule has 0 saturated heterocycles. The summed E-state index contributed by atoms with van der Waals surface area (Å²) in [4.78, 5) is 6.48. The van der Waals surface area contributed by atoms with Crippen LogP contribution in [0.5, 0.6) is 11.6 Å². The Morgan fingerprint density at radius 3 is 2.26 bits per heavy atom. The Morgan fingerprint density at radius 1 is 0.852 bits per heavy atom. The maximum Gasteiger partial charge on any atom is 0.330 e. The van der Waals surface area contributed by atoms with Crippen molar-refractivity contribution in [1.82, 2.24) is 4.98 Å². The smallest absolute Gasteiger partial charge is 0.330 e. The Labute approximate surface area is 158 Å². The number of ether oxygens (including phenoxy) is 1. The van der Waals surface area contributed by atoms with Gasteiger partial charge in [-0.25, -0.2) is 9.83 Å². The number of nitrogens with one attached hydrogen (secondary N) is 1. The first-order chi connectivity index (χ1) is 13.3. The van der Waals surface area contributed by atoms with E-state index in [0.717, 1.165) is 5.88 Å². The summed E-state index contributed by atoms with van der Waals surface area (Å²) in [5.74, 6) is 1.42. The van der Waals surface area contributed by atoms with Crippen LogP contribution in [0.3, 0.4) is 0 Å². The maximum atomic E-state index is 7.01. The van der Waals surface area contributed by atoms with Crippen LogP contribution in [0.25, 0.3) is 16.0 Å². The van der Waals surface area contributed by atoms with Crippen LogP contribution in [0.4, 0.5) is 5.69 Å². The minimum atomic E-state index is 0.600. The number of aromatic nitrogens is 2. The fourth-order valence-corrected chi connectivity index (χ4v) is 2.90. The molecule has 1 N–H and O–H groups in total. The number of hydrogen-bond donors (Lipinski definition) is 1. The summed E-state index contributed by atoms with van der Waals surface area (Å²) in [7, 11) is 0. The van der Waals surface area contributed by atoms with Crippen LogP contribution in [0.2, 0.25) is 0 Å². The molecule has 0 saturated carbocycles. The zero-order valence-electron chi connectivity index (χ0n) is 14.7. The van der Waals surface area contributed by atoms with Crippen molar-refractivity contribution in [2.75, 3.05) is 0 Å². The van der Waals surface area contributed by atoms with E-state index in [1.54, 1.807) is 24.3 Å². The number of H-pyrrole nitrogens is 1. The van der Waals surface area contributed by atoms with Crippen molar-refractivity contribution in [2.45, 2.75) is 6.54 Å². The fraction of sp³-hybridized carbons (Fsp3) is 0.0435. The second kappa shape index (κ2) is 7.59. The molecule has 4 heteroatoms. The average molecular weight is 352 g/mol. The van der Waals surface area contributed by atoms with Gasteiger partial charge in [-0.2, -0.15) is 4.57 Å². The van der Waals surface area contributed by atoms with Crippen molar-refractivity contribution in [2.24, 2.45) is 0 Å². The summed E-state index contributed by atoms with van der Waals surface area (Å²) in [6, 6.07) is 26.0. The van der Waals surface area contributed by atoms with E-state index in [1.807, 2.05) is 35.3 Å². The second-order valence-corrected chi connectivity index (χ2v) is 6.18. The van der Waals surface area contributed by atoms with Gasteiger partial charge in [0.05, 0.1) is 6.57 Å². The zero-order chi connectivity index (χ0) is 18.5. The highest BCUT2D eigenvalue weighted by Gasteiger charge is 2.12. The van der Waals surface area contributed by atoms with Crippen molar-refractivity contribution in [3.8, 4) is 22.8 Å². The molecular formula is C23H18N3O+. The first-order valence-corrected chi connectivity index (χ1v) is 8.68. The lowest BCUT2D eigenvalue weighted by Gasteiger charge is -2.06. The lowest BCUT2D eigenvalue weighted by atomic mass is 10.0. The molecule has 4 nitrogen and oxygen atoms in total. The third kappa shape index (κ3) is 3.88. The number of nitrogens with zero attached hydrogens (tertiary/aromatic N) is 2. The Morgan fingerprint density at radius 2 is 1.56 bits per heavy atom. The van der Waals surface area contributed by atoms with E-state index in [9.17, 15) is 0 Å². The van der Waals surface area contributed by atoms with E-state index < -0.39 is 0 Å². The van der Waals surface area contributed by atoms with Crippen molar-refractivity contribution in [3.63, 3.8) is 0 Å². The molecule has 0 atom stereocenters. The van der Waals surface area contributed by atoms with Gasteiger partial charge in [0, 0.05) is 0 Å². The number of imidazole rings is 1. The Balaban J connectivity index is 1.49. The van der Waals surface area contributed by atoms with Crippen molar-refractivity contribution in [1.29, 1.82) is 0 Å². The molecule has 0 aliphatic carbocycles. The molecule has 0 spiro atoms. The molecular weight excluding hydrogens is 334 g/mol. The van der Waals surface area contributed by atoms with Crippen molar-refractivity contribution >= 4 is 5.69 Å². The van der Waals surface area contributed by atoms with Crippen LogP contribution in [-0.4, -0.2) is 4.98 Å². The van der Waals surface area contributed by atoms with Gasteiger partial charge in [0.15, 0.2) is 11.9 Å². The Hall–Kier alpha value is -3.84. The van der Waals surface area contributed by atoms with Gasteiger partial charge in [-0.05, 0) is 28.8 Å². The zero-order valence-corrected chi connectivity index (χ0v) is 14.7. The van der Waals surface area contributed by atoms with E-state index in [4.69, 9.17) is 11.3 Å². The predicted molar refractivity (Wildman–Crippen MR) is 105 cm³/mol. The highest BCUT2D eigenvalue weighted by atomic mass is 16.5. The monoisotopic (exact) mass is 352 g/mol. The maximum absolute atomic E-state index is 7.01. The van der Waals surface area contributed by atoms with Gasteiger partial charge >= 0.3 is 5.88 Å². The summed E-state index contributed by atoms with van der Waals surface area (Å²) in [6.07, 6.45) is 3.70. The minimum Gasteiger partial charge on any atom is -0.421 e. The predicted octanol–water partition coefficient (Wildman–Crippen LogP) is 5.36. The van der Waals surface area contributed by atoms with Crippen LogP contribution in [-0.2, 0) is 6.54 Å². The van der Waals surface area contributed by atoms with Gasteiger partial charge in [0.1, 0.15) is 12.3 Å². The van der Waals surface area contributed by atoms with Crippen LogP contribution in [0.1, 0.15) is 5.56 Å². The molecule has 0 aliphatic heterocycles. The average Bonchev–Trinajstić information content (AvgIpc) is 3.16. The molecule has 0 unspecified atom stereocenters. The first kappa shape index (κ1) is 16.6. The molecule has 4 aromatic rings. The third-order valence-electron chi connectivity index (χ3n) is 4.32. The lowest BCUT2D eigenvalue weighted by molar-refractivity contribution is -0.690. The summed E-state index contributed by atoms with van der Waals surface area (Å²) >= 11 is 0. The molecule has 27 heavy (non-hydrogen) atoms. The summed E-state index contributed by atoms with van der Waals surface area (Å²) in [5.41, 5.74) is 4.20. The highest BCUT2D eigenvalue weighted by molar-refractivity contribution is 5.63. The topological polar surface area (TPSA) is 33.3 Å². The van der Waals surface area contributed by atoms with Gasteiger partial charge in [0.25, 0.3) is 0 Å². The molecule has 0 aliphatic rings. The van der Waals surface area contributed by atoms with Crippen molar-refractivity contribution in [3.05, 3.63) is 108 Å². The quantitative estimate of drug-likeness (QED) is 0.381. The molecule has 3 aromatic carbocycles. The van der Waals surface area contributed by atoms with Crippen LogP contribution < -0.4 is 9.30 Å². The summed E-state index contributed by atoms with van der Waals surface area (Å²) < 4.78 is 7.96. The number of hydrogen-bond acceptors (Lipinski definition) is 1. The van der Waals surface area contributed by atoms with Crippen LogP contribution in [0, 0.1) is 6.57 Å². The third-order valence-corrected chi connectivity index (χ3v) is 4.32. The summed E-state index contributed by atoms with van der Waals surface area (Å²) in [5, 5.41) is 0. The molecule has 0 radical (unpaired) electrons. The summed E-state index contributed by atoms with van der Waals surface area (Å²) in [6.45, 7) is 7.72. The second-order valence-electron chi connectivity index (χ2n) is 6.18. The van der Waals surface area contributed by atoms with Gasteiger partial charge in [0.2, 0.25) is 6.33 Å². The fourth-order valence-electron chi connectivity index (χ4n) is 2.90. The van der Waals surface area contributed by atoms with Crippen molar-refractivity contribution < 1.29 is 9.30 Å². The van der Waals surface area contributed by atoms with E-state index in [-0.39, 0.29) is 0 Å². The molecule has 1 aromatic heterocycles. The van der Waals surface area contributed by atoms with Crippen LogP contribution >= 0.6 is 0 Å². The Bertz CT molecular complexity index is 1060. The first-order valence-electron chi connectivity index (χ1n) is 8.68. The van der Waals surface area contributed by atoms with Gasteiger partial charge in [-0.1, -0.05) is 66.7 Å². The van der Waals surface area contributed by atoms with E-state index in [1.165, 1.54) is 16.7 Å². The lowest BCUT2D eigenvalue weighted by Crippen LogP contribution is -2.33. The minimum absolute atomic E-state index is 0.600. The molecule has 0 amide bonds. The van der Waals surface area contributed by atoms with Crippen LogP contribution in [0.15, 0.2) is 91.4 Å². The standard InChI is InChI=1S/C23H17N3O/c1-24-21-11-13-22(14-12-21)27-23-15-25-17-26(23)16-18-7-9-20(10-8-18)19-5-3-2-4-6-19/h2-15,17H,16H2/p+1. The van der Waals surface area contributed by atoms with Gasteiger partial charge in [-0.3, -0.25) is 0 Å². The van der Waals surface area contributed by atoms with Gasteiger partial charge < -0.3 is 4.74 Å². The Kier molecular flexibility index (Phi) is 4.67. The highest BCUT2D eigenvalue weighted by Crippen LogP contribution is 2.22.